The van der Waals surface area contributed by atoms with Crippen molar-refractivity contribution in [2.24, 2.45) is 5.92 Å². The van der Waals surface area contributed by atoms with Gasteiger partial charge in [-0.2, -0.15) is 0 Å². The number of rotatable bonds is 1. The first-order valence-corrected chi connectivity index (χ1v) is 6.90. The zero-order chi connectivity index (χ0) is 13.0. The molecule has 1 aromatic carbocycles. The van der Waals surface area contributed by atoms with Crippen molar-refractivity contribution in [2.75, 3.05) is 20.2 Å². The molecule has 2 atom stereocenters. The lowest BCUT2D eigenvalue weighted by Crippen LogP contribution is -2.43. The Kier molecular flexibility index (Phi) is 2.34. The van der Waals surface area contributed by atoms with Crippen LogP contribution in [0.25, 0.3) is 16.5 Å². The van der Waals surface area contributed by atoms with E-state index in [0.717, 1.165) is 13.0 Å². The molecule has 0 bridgehead atoms. The van der Waals surface area contributed by atoms with Gasteiger partial charge in [0.05, 0.1) is 6.61 Å². The van der Waals surface area contributed by atoms with Gasteiger partial charge in [-0.3, -0.25) is 4.90 Å². The molecule has 1 aliphatic carbocycles. The van der Waals surface area contributed by atoms with E-state index in [4.69, 9.17) is 0 Å². The number of H-pyrrole nitrogens is 1. The molecule has 19 heavy (non-hydrogen) atoms. The largest absolute Gasteiger partial charge is 0.396 e. The van der Waals surface area contributed by atoms with Crippen molar-refractivity contribution >= 4 is 16.5 Å². The summed E-state index contributed by atoms with van der Waals surface area (Å²) < 4.78 is 0. The molecule has 3 nitrogen and oxygen atoms in total. The normalized spacial score (nSPS) is 26.3. The van der Waals surface area contributed by atoms with Crippen LogP contribution in [0.5, 0.6) is 0 Å². The Hall–Kier alpha value is -1.58. The fourth-order valence-electron chi connectivity index (χ4n) is 3.66. The second-order valence-electron chi connectivity index (χ2n) is 5.77. The number of aromatic amines is 1. The fourth-order valence-corrected chi connectivity index (χ4v) is 3.66. The summed E-state index contributed by atoms with van der Waals surface area (Å²) in [6.07, 6.45) is 5.50. The van der Waals surface area contributed by atoms with E-state index in [1.165, 1.54) is 27.6 Å². The minimum atomic E-state index is 0.233. The van der Waals surface area contributed by atoms with Crippen LogP contribution in [0.1, 0.15) is 11.1 Å². The Morgan fingerprint density at radius 2 is 2.32 bits per heavy atom. The molecule has 1 aromatic heterocycles. The van der Waals surface area contributed by atoms with Crippen molar-refractivity contribution in [3.05, 3.63) is 41.6 Å². The molecule has 98 valence electrons. The second kappa shape index (κ2) is 3.95. The van der Waals surface area contributed by atoms with E-state index >= 15 is 0 Å². The van der Waals surface area contributed by atoms with Gasteiger partial charge in [0.2, 0.25) is 0 Å². The maximum Gasteiger partial charge on any atom is 0.0506 e. The van der Waals surface area contributed by atoms with Crippen LogP contribution in [-0.4, -0.2) is 41.2 Å². The first-order chi connectivity index (χ1) is 9.28. The average Bonchev–Trinajstić information content (AvgIpc) is 2.85. The third kappa shape index (κ3) is 1.52. The molecule has 2 heterocycles. The standard InChI is InChI=1S/C16H18N2O/c1-18-8-10(9-19)5-13-12-3-2-4-14-16(12)11(7-17-14)6-15(13)18/h2-5,7,10,15,17,19H,6,8-9H2,1H3/t10?,15-/m1/s1. The molecule has 0 saturated carbocycles. The van der Waals surface area contributed by atoms with Gasteiger partial charge in [0.15, 0.2) is 0 Å². The third-order valence-corrected chi connectivity index (χ3v) is 4.58. The summed E-state index contributed by atoms with van der Waals surface area (Å²) in [6.45, 7) is 1.18. The zero-order valence-corrected chi connectivity index (χ0v) is 11.1. The predicted molar refractivity (Wildman–Crippen MR) is 77.0 cm³/mol. The summed E-state index contributed by atoms with van der Waals surface area (Å²) in [5.74, 6) is 0.256. The first-order valence-electron chi connectivity index (χ1n) is 6.90. The van der Waals surface area contributed by atoms with Gasteiger partial charge in [-0.1, -0.05) is 18.2 Å². The number of aromatic nitrogens is 1. The highest BCUT2D eigenvalue weighted by Gasteiger charge is 2.33. The minimum Gasteiger partial charge on any atom is -0.396 e. The first kappa shape index (κ1) is 11.3. The van der Waals surface area contributed by atoms with Crippen LogP contribution in [-0.2, 0) is 6.42 Å². The van der Waals surface area contributed by atoms with E-state index in [2.05, 4.69) is 47.4 Å². The molecular formula is C16H18N2O. The molecule has 0 amide bonds. The maximum atomic E-state index is 9.47. The Bertz CT molecular complexity index is 670. The lowest BCUT2D eigenvalue weighted by Gasteiger charge is -2.39. The quantitative estimate of drug-likeness (QED) is 0.817. The fraction of sp³-hybridized carbons (Fsp3) is 0.375. The summed E-state index contributed by atoms with van der Waals surface area (Å²) in [5, 5.41) is 10.8. The van der Waals surface area contributed by atoms with Crippen LogP contribution in [0.2, 0.25) is 0 Å². The molecule has 1 unspecified atom stereocenters. The summed E-state index contributed by atoms with van der Waals surface area (Å²) in [5.41, 5.74) is 5.38. The summed E-state index contributed by atoms with van der Waals surface area (Å²) >= 11 is 0. The van der Waals surface area contributed by atoms with Crippen LogP contribution >= 0.6 is 0 Å². The lowest BCUT2D eigenvalue weighted by atomic mass is 9.80. The number of hydrogen-bond donors (Lipinski definition) is 2. The monoisotopic (exact) mass is 254 g/mol. The predicted octanol–water partition coefficient (Wildman–Crippen LogP) is 2.03. The van der Waals surface area contributed by atoms with Gasteiger partial charge in [0.1, 0.15) is 0 Å². The van der Waals surface area contributed by atoms with E-state index in [-0.39, 0.29) is 12.5 Å². The molecule has 2 N–H and O–H groups in total. The summed E-state index contributed by atoms with van der Waals surface area (Å²) in [7, 11) is 2.16. The van der Waals surface area contributed by atoms with Gasteiger partial charge in [-0.05, 0) is 36.2 Å². The van der Waals surface area contributed by atoms with E-state index in [0.29, 0.717) is 6.04 Å². The van der Waals surface area contributed by atoms with E-state index in [1.54, 1.807) is 0 Å². The Morgan fingerprint density at radius 3 is 3.16 bits per heavy atom. The van der Waals surface area contributed by atoms with Crippen LogP contribution < -0.4 is 0 Å². The van der Waals surface area contributed by atoms with Gasteiger partial charge >= 0.3 is 0 Å². The molecule has 3 heteroatoms. The van der Waals surface area contributed by atoms with E-state index in [1.807, 2.05) is 0 Å². The minimum absolute atomic E-state index is 0.233. The number of benzene rings is 1. The van der Waals surface area contributed by atoms with Gasteiger partial charge in [0, 0.05) is 35.6 Å². The summed E-state index contributed by atoms with van der Waals surface area (Å²) in [4.78, 5) is 5.75. The van der Waals surface area contributed by atoms with E-state index < -0.39 is 0 Å². The van der Waals surface area contributed by atoms with Crippen LogP contribution in [0.4, 0.5) is 0 Å². The molecule has 4 rings (SSSR count). The van der Waals surface area contributed by atoms with Gasteiger partial charge < -0.3 is 10.1 Å². The zero-order valence-electron chi connectivity index (χ0n) is 11.1. The number of nitrogens with one attached hydrogen (secondary N) is 1. The molecule has 2 aliphatic rings. The van der Waals surface area contributed by atoms with Gasteiger partial charge in [-0.25, -0.2) is 0 Å². The number of fused-ring (bicyclic) bond motifs is 2. The molecule has 0 spiro atoms. The van der Waals surface area contributed by atoms with Crippen LogP contribution in [0, 0.1) is 5.92 Å². The maximum absolute atomic E-state index is 9.47. The number of nitrogens with zero attached hydrogens (tertiary/aromatic N) is 1. The molecule has 0 saturated heterocycles. The summed E-state index contributed by atoms with van der Waals surface area (Å²) in [6, 6.07) is 6.92. The van der Waals surface area contributed by atoms with E-state index in [9.17, 15) is 5.11 Å². The number of aliphatic hydroxyl groups excluding tert-OH is 1. The average molecular weight is 254 g/mol. The molecule has 0 fully saturated rings. The van der Waals surface area contributed by atoms with Crippen molar-refractivity contribution in [3.63, 3.8) is 0 Å². The number of hydrogen-bond acceptors (Lipinski definition) is 2. The highest BCUT2D eigenvalue weighted by Crippen LogP contribution is 2.40. The SMILES string of the molecule is CN1CC(CO)C=C2c3cccc4[nH]cc(c34)C[C@H]21. The number of aliphatic hydroxyl groups is 1. The van der Waals surface area contributed by atoms with Gasteiger partial charge in [0.25, 0.3) is 0 Å². The smallest absolute Gasteiger partial charge is 0.0506 e. The van der Waals surface area contributed by atoms with Crippen molar-refractivity contribution in [1.29, 1.82) is 0 Å². The molecule has 2 aromatic rings. The topological polar surface area (TPSA) is 39.3 Å². The molecule has 1 aliphatic heterocycles. The molecular weight excluding hydrogens is 236 g/mol. The van der Waals surface area contributed by atoms with Crippen molar-refractivity contribution in [2.45, 2.75) is 12.5 Å². The lowest BCUT2D eigenvalue weighted by molar-refractivity contribution is 0.181. The highest BCUT2D eigenvalue weighted by molar-refractivity contribution is 5.98. The van der Waals surface area contributed by atoms with Crippen molar-refractivity contribution < 1.29 is 5.11 Å². The Morgan fingerprint density at radius 1 is 1.42 bits per heavy atom. The second-order valence-corrected chi connectivity index (χ2v) is 5.77. The highest BCUT2D eigenvalue weighted by atomic mass is 16.3. The van der Waals surface area contributed by atoms with Crippen LogP contribution in [0.15, 0.2) is 30.5 Å². The Balaban J connectivity index is 1.97. The van der Waals surface area contributed by atoms with Crippen molar-refractivity contribution in [1.82, 2.24) is 9.88 Å². The third-order valence-electron chi connectivity index (χ3n) is 4.58. The molecule has 0 radical (unpaired) electrons. The van der Waals surface area contributed by atoms with Crippen LogP contribution in [0.3, 0.4) is 0 Å². The Labute approximate surface area is 112 Å². The number of likely N-dealkylation sites (N-methyl/N-ethyl adjacent to an activating group) is 1. The van der Waals surface area contributed by atoms with Crippen molar-refractivity contribution in [3.8, 4) is 0 Å². The van der Waals surface area contributed by atoms with Gasteiger partial charge in [-0.15, -0.1) is 0 Å².